The van der Waals surface area contributed by atoms with Gasteiger partial charge in [0, 0.05) is 44.8 Å². The number of fused-ring (bicyclic) bond motifs is 2. The third kappa shape index (κ3) is 7.59. The average molecular weight is 857 g/mol. The van der Waals surface area contributed by atoms with Crippen LogP contribution in [0.2, 0.25) is 0 Å². The van der Waals surface area contributed by atoms with Crippen molar-refractivity contribution >= 4 is 44.9 Å². The van der Waals surface area contributed by atoms with Crippen LogP contribution in [-0.2, 0) is 0 Å². The van der Waals surface area contributed by atoms with E-state index in [1.807, 2.05) is 0 Å². The quantitative estimate of drug-likeness (QED) is 0.136. The molecule has 1 aliphatic rings. The van der Waals surface area contributed by atoms with Crippen molar-refractivity contribution in [3.8, 4) is 67.1 Å². The number of ether oxygens (including phenoxy) is 1. The second-order valence-electron chi connectivity index (χ2n) is 16.9. The number of hydrogen-bond donors (Lipinski definition) is 0. The number of hydrogen-bond acceptors (Lipinski definition) is 3. The number of nitrogens with zero attached hydrogens (tertiary/aromatic N) is 2. The van der Waals surface area contributed by atoms with E-state index in [1.165, 1.54) is 33.4 Å². The molecule has 1 aliphatic heterocycles. The summed E-state index contributed by atoms with van der Waals surface area (Å²) in [5, 5.41) is 2.20. The third-order valence-electron chi connectivity index (χ3n) is 12.9. The normalized spacial score (nSPS) is 11.4. The molecule has 3 nitrogen and oxygen atoms in total. The van der Waals surface area contributed by atoms with Gasteiger partial charge in [0.15, 0.2) is 0 Å². The summed E-state index contributed by atoms with van der Waals surface area (Å²) in [6.45, 7) is 0. The van der Waals surface area contributed by atoms with Gasteiger partial charge in [-0.2, -0.15) is 0 Å². The molecule has 0 saturated carbocycles. The lowest BCUT2D eigenvalue weighted by Crippen LogP contribution is -2.12. The molecule has 0 unspecified atom stereocenters. The molecule has 11 aromatic carbocycles. The van der Waals surface area contributed by atoms with Crippen LogP contribution in [0.5, 0.6) is 11.5 Å². The van der Waals surface area contributed by atoms with Gasteiger partial charge in [0.1, 0.15) is 11.5 Å². The minimum Gasteiger partial charge on any atom is -0.456 e. The second kappa shape index (κ2) is 17.2. The number of anilines is 6. The van der Waals surface area contributed by atoms with Gasteiger partial charge >= 0.3 is 0 Å². The SMILES string of the molecule is c1ccc(-c2ccc(-c3ccc(N(c4ccc(-c5ccc(-c6ccccc6)cc5)cc4)c4ccc5c6c(cccc46)-c4cc(N(c6ccccc6)c6ccccc6)ccc4O5)cc3)cc2)cc1. The summed E-state index contributed by atoms with van der Waals surface area (Å²) in [4.78, 5) is 4.68. The zero-order chi connectivity index (χ0) is 44.5. The Bertz CT molecular complexity index is 3320. The lowest BCUT2D eigenvalue weighted by Gasteiger charge is -2.30. The molecule has 0 aliphatic carbocycles. The monoisotopic (exact) mass is 856 g/mol. The molecule has 1 heterocycles. The van der Waals surface area contributed by atoms with Crippen LogP contribution in [0.25, 0.3) is 66.4 Å². The first-order valence-electron chi connectivity index (χ1n) is 22.8. The van der Waals surface area contributed by atoms with Gasteiger partial charge in [-0.3, -0.25) is 0 Å². The van der Waals surface area contributed by atoms with Crippen LogP contribution in [0.15, 0.2) is 267 Å². The van der Waals surface area contributed by atoms with Gasteiger partial charge in [0.2, 0.25) is 0 Å². The smallest absolute Gasteiger partial charge is 0.136 e. The molecule has 0 amide bonds. The van der Waals surface area contributed by atoms with Crippen molar-refractivity contribution in [1.82, 2.24) is 0 Å². The number of benzene rings is 11. The molecule has 3 heteroatoms. The summed E-state index contributed by atoms with van der Waals surface area (Å²) < 4.78 is 6.81. The molecule has 316 valence electrons. The number of rotatable bonds is 10. The minimum absolute atomic E-state index is 0.842. The highest BCUT2D eigenvalue weighted by atomic mass is 16.5. The van der Waals surface area contributed by atoms with Gasteiger partial charge in [0.05, 0.1) is 5.69 Å². The largest absolute Gasteiger partial charge is 0.456 e. The van der Waals surface area contributed by atoms with Crippen LogP contribution in [0.1, 0.15) is 0 Å². The average Bonchev–Trinajstić information content (AvgIpc) is 3.41. The van der Waals surface area contributed by atoms with E-state index in [2.05, 4.69) is 277 Å². The fraction of sp³-hybridized carbons (Fsp3) is 0. The fourth-order valence-corrected chi connectivity index (χ4v) is 9.54. The third-order valence-corrected chi connectivity index (χ3v) is 12.9. The zero-order valence-electron chi connectivity index (χ0n) is 36.7. The first-order valence-corrected chi connectivity index (χ1v) is 22.8. The van der Waals surface area contributed by atoms with Crippen molar-refractivity contribution < 1.29 is 4.74 Å². The molecular formula is C64H44N2O. The summed E-state index contributed by atoms with van der Waals surface area (Å²) >= 11 is 0. The van der Waals surface area contributed by atoms with E-state index < -0.39 is 0 Å². The summed E-state index contributed by atoms with van der Waals surface area (Å²) in [5.74, 6) is 1.69. The van der Waals surface area contributed by atoms with Gasteiger partial charge < -0.3 is 14.5 Å². The standard InChI is InChI=1S/C64H44N2O/c1-5-14-45(15-6-1)47-24-28-49(29-25-47)51-32-36-55(37-33-51)66(56-38-34-52(35-39-56)50-30-26-48(27-31-50)46-16-7-2-8-17-46)61-41-43-63-64-58(22-13-23-59(61)64)60-44-57(40-42-62(60)67-63)65(53-18-9-3-10-19-53)54-20-11-4-12-21-54/h1-44H. The van der Waals surface area contributed by atoms with E-state index in [1.54, 1.807) is 0 Å². The first-order chi connectivity index (χ1) is 33.2. The Morgan fingerprint density at radius 1 is 0.239 bits per heavy atom. The van der Waals surface area contributed by atoms with Crippen molar-refractivity contribution in [2.24, 2.45) is 0 Å². The summed E-state index contributed by atoms with van der Waals surface area (Å²) in [5.41, 5.74) is 18.1. The van der Waals surface area contributed by atoms with Gasteiger partial charge in [-0.05, 0) is 129 Å². The molecule has 0 radical (unpaired) electrons. The first kappa shape index (κ1) is 39.7. The van der Waals surface area contributed by atoms with Gasteiger partial charge in [-0.25, -0.2) is 0 Å². The minimum atomic E-state index is 0.842. The van der Waals surface area contributed by atoms with Gasteiger partial charge in [-0.1, -0.05) is 188 Å². The molecule has 0 saturated heterocycles. The highest BCUT2D eigenvalue weighted by Gasteiger charge is 2.26. The highest BCUT2D eigenvalue weighted by molar-refractivity contribution is 6.11. The van der Waals surface area contributed by atoms with E-state index in [0.29, 0.717) is 0 Å². The molecule has 0 bridgehead atoms. The van der Waals surface area contributed by atoms with Gasteiger partial charge in [0.25, 0.3) is 0 Å². The molecule has 12 rings (SSSR count). The summed E-state index contributed by atoms with van der Waals surface area (Å²) in [6.07, 6.45) is 0. The highest BCUT2D eigenvalue weighted by Crippen LogP contribution is 2.52. The maximum Gasteiger partial charge on any atom is 0.136 e. The van der Waals surface area contributed by atoms with Crippen molar-refractivity contribution in [3.63, 3.8) is 0 Å². The van der Waals surface area contributed by atoms with Crippen molar-refractivity contribution in [1.29, 1.82) is 0 Å². The van der Waals surface area contributed by atoms with E-state index >= 15 is 0 Å². The maximum atomic E-state index is 6.81. The molecule has 0 atom stereocenters. The predicted molar refractivity (Wildman–Crippen MR) is 281 cm³/mol. The number of para-hydroxylation sites is 2. The van der Waals surface area contributed by atoms with Crippen LogP contribution in [0.4, 0.5) is 34.1 Å². The van der Waals surface area contributed by atoms with Crippen LogP contribution in [0, 0.1) is 0 Å². The van der Waals surface area contributed by atoms with Crippen LogP contribution in [0.3, 0.4) is 0 Å². The molecule has 0 spiro atoms. The Hall–Kier alpha value is -8.92. The molecular weight excluding hydrogens is 813 g/mol. The molecule has 0 fully saturated rings. The van der Waals surface area contributed by atoms with Crippen molar-refractivity contribution in [3.05, 3.63) is 267 Å². The molecule has 11 aromatic rings. The van der Waals surface area contributed by atoms with Crippen LogP contribution in [-0.4, -0.2) is 0 Å². The summed E-state index contributed by atoms with van der Waals surface area (Å²) in [6, 6.07) is 95.3. The Balaban J connectivity index is 0.951. The second-order valence-corrected chi connectivity index (χ2v) is 16.9. The lowest BCUT2D eigenvalue weighted by atomic mass is 9.93. The Morgan fingerprint density at radius 3 is 1.07 bits per heavy atom. The zero-order valence-corrected chi connectivity index (χ0v) is 36.7. The molecule has 0 aromatic heterocycles. The Kier molecular flexibility index (Phi) is 10.2. The summed E-state index contributed by atoms with van der Waals surface area (Å²) in [7, 11) is 0. The van der Waals surface area contributed by atoms with Crippen molar-refractivity contribution in [2.75, 3.05) is 9.80 Å². The van der Waals surface area contributed by atoms with Crippen molar-refractivity contribution in [2.45, 2.75) is 0 Å². The van der Waals surface area contributed by atoms with Crippen LogP contribution >= 0.6 is 0 Å². The van der Waals surface area contributed by atoms with E-state index in [0.717, 1.165) is 78.6 Å². The van der Waals surface area contributed by atoms with E-state index in [9.17, 15) is 0 Å². The van der Waals surface area contributed by atoms with Crippen LogP contribution < -0.4 is 14.5 Å². The topological polar surface area (TPSA) is 15.7 Å². The maximum absolute atomic E-state index is 6.81. The fourth-order valence-electron chi connectivity index (χ4n) is 9.54. The van der Waals surface area contributed by atoms with E-state index in [4.69, 9.17) is 4.74 Å². The molecule has 0 N–H and O–H groups in total. The Morgan fingerprint density at radius 2 is 0.612 bits per heavy atom. The van der Waals surface area contributed by atoms with E-state index in [-0.39, 0.29) is 0 Å². The Labute approximate surface area is 391 Å². The molecule has 67 heavy (non-hydrogen) atoms. The lowest BCUT2D eigenvalue weighted by molar-refractivity contribution is 0.487. The van der Waals surface area contributed by atoms with Gasteiger partial charge in [-0.15, -0.1) is 0 Å². The predicted octanol–water partition coefficient (Wildman–Crippen LogP) is 18.2.